The van der Waals surface area contributed by atoms with E-state index < -0.39 is 20.7 Å². The molecule has 0 radical (unpaired) electrons. The van der Waals surface area contributed by atoms with E-state index in [1.165, 1.54) is 18.2 Å². The first-order chi connectivity index (χ1) is 9.72. The Labute approximate surface area is 135 Å². The summed E-state index contributed by atoms with van der Waals surface area (Å²) in [7, 11) is -4.26. The van der Waals surface area contributed by atoms with Crippen molar-refractivity contribution >= 4 is 56.2 Å². The number of nitrogens with one attached hydrogen (secondary N) is 1. The third-order valence-corrected chi connectivity index (χ3v) is 4.92. The van der Waals surface area contributed by atoms with Gasteiger partial charge in [-0.25, -0.2) is 12.8 Å². The molecule has 0 spiro atoms. The molecule has 0 aliphatic heterocycles. The molecule has 0 bridgehead atoms. The fourth-order valence-corrected chi connectivity index (χ4v) is 3.46. The van der Waals surface area contributed by atoms with Crippen molar-refractivity contribution in [3.05, 3.63) is 51.2 Å². The molecule has 21 heavy (non-hydrogen) atoms. The Bertz CT molecular complexity index is 812. The highest BCUT2D eigenvalue weighted by Gasteiger charge is 2.23. The largest absolute Gasteiger partial charge is 0.396 e. The molecule has 0 aromatic heterocycles. The number of rotatable bonds is 3. The number of benzene rings is 2. The molecule has 0 fully saturated rings. The summed E-state index contributed by atoms with van der Waals surface area (Å²) in [6.07, 6.45) is 0. The van der Waals surface area contributed by atoms with Crippen LogP contribution in [0.25, 0.3) is 0 Å². The van der Waals surface area contributed by atoms with Crippen molar-refractivity contribution in [1.82, 2.24) is 0 Å². The second kappa shape index (κ2) is 5.88. The van der Waals surface area contributed by atoms with Crippen LogP contribution in [0.1, 0.15) is 0 Å². The number of anilines is 2. The van der Waals surface area contributed by atoms with E-state index in [9.17, 15) is 12.8 Å². The normalized spacial score (nSPS) is 11.4. The molecule has 0 unspecified atom stereocenters. The molecule has 0 saturated heterocycles. The molecular weight excluding hydrogens is 362 g/mol. The van der Waals surface area contributed by atoms with E-state index in [0.29, 0.717) is 0 Å². The molecule has 2 aromatic rings. The number of hydrogen-bond acceptors (Lipinski definition) is 3. The summed E-state index contributed by atoms with van der Waals surface area (Å²) in [4.78, 5) is -0.677. The molecule has 2 rings (SSSR count). The molecule has 0 saturated carbocycles. The predicted molar refractivity (Wildman–Crippen MR) is 83.1 cm³/mol. The number of nitrogens with two attached hydrogens (primary N) is 1. The lowest BCUT2D eigenvalue weighted by atomic mass is 10.3. The van der Waals surface area contributed by atoms with Crippen LogP contribution < -0.4 is 10.5 Å². The van der Waals surface area contributed by atoms with Crippen molar-refractivity contribution in [1.29, 1.82) is 0 Å². The third-order valence-electron chi connectivity index (χ3n) is 2.52. The second-order valence-corrected chi connectivity index (χ2v) is 6.89. The van der Waals surface area contributed by atoms with Crippen molar-refractivity contribution in [3.63, 3.8) is 0 Å². The van der Waals surface area contributed by atoms with Crippen LogP contribution >= 0.6 is 34.8 Å². The Kier molecular flexibility index (Phi) is 4.53. The first-order valence-electron chi connectivity index (χ1n) is 5.43. The molecule has 0 aliphatic rings. The molecule has 0 aliphatic carbocycles. The zero-order chi connectivity index (χ0) is 15.8. The third kappa shape index (κ3) is 3.35. The summed E-state index contributed by atoms with van der Waals surface area (Å²) in [6.45, 7) is 0. The van der Waals surface area contributed by atoms with Crippen LogP contribution in [0.3, 0.4) is 0 Å². The van der Waals surface area contributed by atoms with E-state index >= 15 is 0 Å². The highest BCUT2D eigenvalue weighted by atomic mass is 35.5. The monoisotopic (exact) mass is 368 g/mol. The Morgan fingerprint density at radius 3 is 2.48 bits per heavy atom. The molecule has 0 amide bonds. The molecule has 0 heterocycles. The highest BCUT2D eigenvalue weighted by Crippen LogP contribution is 2.32. The van der Waals surface area contributed by atoms with Gasteiger partial charge in [-0.2, -0.15) is 0 Å². The molecule has 9 heteroatoms. The van der Waals surface area contributed by atoms with Crippen molar-refractivity contribution in [3.8, 4) is 0 Å². The van der Waals surface area contributed by atoms with Gasteiger partial charge in [0.25, 0.3) is 10.0 Å². The fourth-order valence-electron chi connectivity index (χ4n) is 1.56. The van der Waals surface area contributed by atoms with Gasteiger partial charge in [-0.05, 0) is 24.3 Å². The standard InChI is InChI=1S/C12H8Cl3FN2O2S/c13-6-4-8(17)12(16)10(5-6)21(19,20)18-9-3-1-2-7(14)11(9)15/h1-5,18H,17H2. The number of hydrogen-bond donors (Lipinski definition) is 2. The summed E-state index contributed by atoms with van der Waals surface area (Å²) in [5.41, 5.74) is 5.01. The zero-order valence-corrected chi connectivity index (χ0v) is 13.3. The van der Waals surface area contributed by atoms with E-state index in [1.807, 2.05) is 0 Å². The lowest BCUT2D eigenvalue weighted by Gasteiger charge is -2.12. The van der Waals surface area contributed by atoms with Crippen molar-refractivity contribution in [2.75, 3.05) is 10.5 Å². The summed E-state index contributed by atoms with van der Waals surface area (Å²) < 4.78 is 40.5. The topological polar surface area (TPSA) is 72.2 Å². The van der Waals surface area contributed by atoms with Gasteiger partial charge < -0.3 is 5.73 Å². The van der Waals surface area contributed by atoms with Crippen LogP contribution in [0.4, 0.5) is 15.8 Å². The van der Waals surface area contributed by atoms with Gasteiger partial charge in [-0.15, -0.1) is 0 Å². The van der Waals surface area contributed by atoms with Gasteiger partial charge in [0.1, 0.15) is 4.90 Å². The molecule has 0 atom stereocenters. The number of halogens is 4. The number of sulfonamides is 1. The van der Waals surface area contributed by atoms with Crippen LogP contribution in [-0.2, 0) is 10.0 Å². The Morgan fingerprint density at radius 1 is 1.14 bits per heavy atom. The first-order valence-corrected chi connectivity index (χ1v) is 8.05. The highest BCUT2D eigenvalue weighted by molar-refractivity contribution is 7.92. The Morgan fingerprint density at radius 2 is 1.81 bits per heavy atom. The minimum atomic E-state index is -4.26. The maximum absolute atomic E-state index is 13.9. The minimum Gasteiger partial charge on any atom is -0.396 e. The van der Waals surface area contributed by atoms with E-state index in [4.69, 9.17) is 40.5 Å². The lowest BCUT2D eigenvalue weighted by Crippen LogP contribution is -2.15. The Balaban J connectivity index is 2.51. The van der Waals surface area contributed by atoms with E-state index in [-0.39, 0.29) is 26.4 Å². The van der Waals surface area contributed by atoms with Crippen molar-refractivity contribution < 1.29 is 12.8 Å². The summed E-state index contributed by atoms with van der Waals surface area (Å²) in [5, 5.41) is 0.146. The second-order valence-electron chi connectivity index (χ2n) is 4.01. The SMILES string of the molecule is Nc1cc(Cl)cc(S(=O)(=O)Nc2cccc(Cl)c2Cl)c1F. The molecule has 4 nitrogen and oxygen atoms in total. The quantitative estimate of drug-likeness (QED) is 0.798. The smallest absolute Gasteiger partial charge is 0.264 e. The van der Waals surface area contributed by atoms with Gasteiger partial charge in [0, 0.05) is 5.02 Å². The Hall–Kier alpha value is -1.21. The number of nitrogen functional groups attached to an aromatic ring is 1. The van der Waals surface area contributed by atoms with Gasteiger partial charge in [0.15, 0.2) is 5.82 Å². The predicted octanol–water partition coefficient (Wildman–Crippen LogP) is 4.17. The fraction of sp³-hybridized carbons (Fsp3) is 0. The molecule has 2 aromatic carbocycles. The van der Waals surface area contributed by atoms with Crippen LogP contribution in [0, 0.1) is 5.82 Å². The maximum atomic E-state index is 13.9. The van der Waals surface area contributed by atoms with E-state index in [2.05, 4.69) is 4.72 Å². The average Bonchev–Trinajstić information content (AvgIpc) is 2.39. The zero-order valence-electron chi connectivity index (χ0n) is 10.2. The van der Waals surface area contributed by atoms with Crippen LogP contribution in [0.2, 0.25) is 15.1 Å². The van der Waals surface area contributed by atoms with Crippen molar-refractivity contribution in [2.24, 2.45) is 0 Å². The lowest BCUT2D eigenvalue weighted by molar-refractivity contribution is 0.573. The van der Waals surface area contributed by atoms with Gasteiger partial charge in [0.05, 0.1) is 21.4 Å². The molecular formula is C12H8Cl3FN2O2S. The summed E-state index contributed by atoms with van der Waals surface area (Å²) >= 11 is 17.4. The average molecular weight is 370 g/mol. The summed E-state index contributed by atoms with van der Waals surface area (Å²) in [6, 6.07) is 6.43. The van der Waals surface area contributed by atoms with E-state index in [1.54, 1.807) is 0 Å². The molecule has 112 valence electrons. The summed E-state index contributed by atoms with van der Waals surface area (Å²) in [5.74, 6) is -1.09. The first kappa shape index (κ1) is 16.2. The van der Waals surface area contributed by atoms with Crippen molar-refractivity contribution in [2.45, 2.75) is 4.90 Å². The molecule has 3 N–H and O–H groups in total. The van der Waals surface area contributed by atoms with Gasteiger partial charge in [-0.1, -0.05) is 40.9 Å². The van der Waals surface area contributed by atoms with Gasteiger partial charge in [0.2, 0.25) is 0 Å². The van der Waals surface area contributed by atoms with Gasteiger partial charge >= 0.3 is 0 Å². The maximum Gasteiger partial charge on any atom is 0.264 e. The minimum absolute atomic E-state index is 0.00171. The van der Waals surface area contributed by atoms with Crippen LogP contribution in [0.5, 0.6) is 0 Å². The van der Waals surface area contributed by atoms with Crippen LogP contribution in [0.15, 0.2) is 35.2 Å². The van der Waals surface area contributed by atoms with Crippen LogP contribution in [-0.4, -0.2) is 8.42 Å². The van der Waals surface area contributed by atoms with E-state index in [0.717, 1.165) is 12.1 Å². The van der Waals surface area contributed by atoms with Gasteiger partial charge in [-0.3, -0.25) is 4.72 Å².